The van der Waals surface area contributed by atoms with Crippen LogP contribution in [0.25, 0.3) is 16.8 Å². The molecule has 0 radical (unpaired) electrons. The summed E-state index contributed by atoms with van der Waals surface area (Å²) in [5.74, 6) is -0.293. The van der Waals surface area contributed by atoms with E-state index in [9.17, 15) is 4.79 Å². The van der Waals surface area contributed by atoms with E-state index in [1.807, 2.05) is 30.3 Å². The first-order chi connectivity index (χ1) is 8.20. The molecule has 2 aromatic rings. The highest BCUT2D eigenvalue weighted by atomic mass is 16.5. The summed E-state index contributed by atoms with van der Waals surface area (Å²) in [5, 5.41) is 2.36. The zero-order valence-electron chi connectivity index (χ0n) is 9.94. The quantitative estimate of drug-likeness (QED) is 0.579. The van der Waals surface area contributed by atoms with Gasteiger partial charge in [-0.05, 0) is 35.4 Å². The molecule has 2 heteroatoms. The Kier molecular flexibility index (Phi) is 3.24. The van der Waals surface area contributed by atoms with E-state index in [0.29, 0.717) is 5.57 Å². The normalized spacial score (nSPS) is 11.5. The van der Waals surface area contributed by atoms with E-state index >= 15 is 0 Å². The van der Waals surface area contributed by atoms with Crippen molar-refractivity contribution in [3.8, 4) is 0 Å². The molecule has 0 amide bonds. The molecule has 0 spiro atoms. The van der Waals surface area contributed by atoms with Gasteiger partial charge in [0.15, 0.2) is 0 Å². The second-order valence-corrected chi connectivity index (χ2v) is 3.93. The third-order valence-corrected chi connectivity index (χ3v) is 2.66. The standard InChI is InChI=1S/C15H14O2/c1-11(15(16)17-2)9-12-7-8-13-5-3-4-6-14(13)10-12/h3-10H,1-2H3. The summed E-state index contributed by atoms with van der Waals surface area (Å²) in [4.78, 5) is 11.3. The second-order valence-electron chi connectivity index (χ2n) is 3.93. The van der Waals surface area contributed by atoms with Crippen LogP contribution in [-0.2, 0) is 9.53 Å². The van der Waals surface area contributed by atoms with Crippen molar-refractivity contribution in [2.75, 3.05) is 7.11 Å². The molecular weight excluding hydrogens is 212 g/mol. The first-order valence-electron chi connectivity index (χ1n) is 5.46. The molecule has 2 rings (SSSR count). The molecule has 0 aliphatic rings. The lowest BCUT2D eigenvalue weighted by atomic mass is 10.1. The first kappa shape index (κ1) is 11.4. The number of hydrogen-bond acceptors (Lipinski definition) is 2. The van der Waals surface area contributed by atoms with Gasteiger partial charge in [-0.3, -0.25) is 0 Å². The number of esters is 1. The lowest BCUT2D eigenvalue weighted by Crippen LogP contribution is -2.00. The maximum Gasteiger partial charge on any atom is 0.333 e. The van der Waals surface area contributed by atoms with Crippen LogP contribution in [0.2, 0.25) is 0 Å². The van der Waals surface area contributed by atoms with E-state index in [0.717, 1.165) is 5.56 Å². The van der Waals surface area contributed by atoms with Gasteiger partial charge in [0.2, 0.25) is 0 Å². The van der Waals surface area contributed by atoms with Crippen LogP contribution in [0.3, 0.4) is 0 Å². The monoisotopic (exact) mass is 226 g/mol. The fraction of sp³-hybridized carbons (Fsp3) is 0.133. The summed E-state index contributed by atoms with van der Waals surface area (Å²) in [5.41, 5.74) is 1.61. The number of ether oxygens (including phenoxy) is 1. The van der Waals surface area contributed by atoms with Gasteiger partial charge in [0, 0.05) is 5.57 Å². The maximum atomic E-state index is 11.3. The van der Waals surface area contributed by atoms with Crippen molar-refractivity contribution >= 4 is 22.8 Å². The van der Waals surface area contributed by atoms with Crippen LogP contribution in [0.4, 0.5) is 0 Å². The Bertz CT molecular complexity index is 582. The Balaban J connectivity index is 2.40. The Morgan fingerprint density at radius 1 is 1.12 bits per heavy atom. The zero-order chi connectivity index (χ0) is 12.3. The Hall–Kier alpha value is -2.09. The summed E-state index contributed by atoms with van der Waals surface area (Å²) in [6.45, 7) is 1.75. The van der Waals surface area contributed by atoms with Gasteiger partial charge in [0.05, 0.1) is 7.11 Å². The lowest BCUT2D eigenvalue weighted by Gasteiger charge is -2.01. The molecule has 2 nitrogen and oxygen atoms in total. The van der Waals surface area contributed by atoms with Crippen molar-refractivity contribution in [3.63, 3.8) is 0 Å². The SMILES string of the molecule is COC(=O)C(C)=Cc1ccc2ccccc2c1. The second kappa shape index (κ2) is 4.83. The van der Waals surface area contributed by atoms with Gasteiger partial charge in [-0.1, -0.05) is 36.4 Å². The van der Waals surface area contributed by atoms with Gasteiger partial charge >= 0.3 is 5.97 Å². The zero-order valence-corrected chi connectivity index (χ0v) is 9.94. The van der Waals surface area contributed by atoms with Crippen molar-refractivity contribution in [2.24, 2.45) is 0 Å². The maximum absolute atomic E-state index is 11.3. The molecule has 0 heterocycles. The van der Waals surface area contributed by atoms with E-state index in [4.69, 9.17) is 0 Å². The summed E-state index contributed by atoms with van der Waals surface area (Å²) in [6.07, 6.45) is 1.83. The van der Waals surface area contributed by atoms with Gasteiger partial charge in [-0.15, -0.1) is 0 Å². The molecule has 0 atom stereocenters. The van der Waals surface area contributed by atoms with E-state index in [-0.39, 0.29) is 5.97 Å². The number of carbonyl (C=O) groups excluding carboxylic acids is 1. The first-order valence-corrected chi connectivity index (χ1v) is 5.46. The van der Waals surface area contributed by atoms with Crippen molar-refractivity contribution in [1.82, 2.24) is 0 Å². The molecule has 0 fully saturated rings. The number of benzene rings is 2. The summed E-state index contributed by atoms with van der Waals surface area (Å²) in [6, 6.07) is 14.2. The predicted octanol–water partition coefficient (Wildman–Crippen LogP) is 3.42. The van der Waals surface area contributed by atoms with Crippen molar-refractivity contribution < 1.29 is 9.53 Å². The van der Waals surface area contributed by atoms with Gasteiger partial charge in [-0.2, -0.15) is 0 Å². The minimum absolute atomic E-state index is 0.293. The molecule has 0 N–H and O–H groups in total. The molecule has 0 aliphatic carbocycles. The molecule has 2 aromatic carbocycles. The minimum atomic E-state index is -0.293. The summed E-state index contributed by atoms with van der Waals surface area (Å²) >= 11 is 0. The molecule has 0 bridgehead atoms. The van der Waals surface area contributed by atoms with Crippen LogP contribution in [0.5, 0.6) is 0 Å². The van der Waals surface area contributed by atoms with Crippen molar-refractivity contribution in [3.05, 3.63) is 53.6 Å². The van der Waals surface area contributed by atoms with Crippen LogP contribution in [0.1, 0.15) is 12.5 Å². The Morgan fingerprint density at radius 2 is 1.82 bits per heavy atom. The molecule has 0 aromatic heterocycles. The van der Waals surface area contributed by atoms with E-state index in [1.165, 1.54) is 17.9 Å². The molecule has 17 heavy (non-hydrogen) atoms. The number of fused-ring (bicyclic) bond motifs is 1. The Morgan fingerprint density at radius 3 is 2.53 bits per heavy atom. The number of rotatable bonds is 2. The third-order valence-electron chi connectivity index (χ3n) is 2.66. The Labute approximate surface area is 101 Å². The topological polar surface area (TPSA) is 26.3 Å². The van der Waals surface area contributed by atoms with E-state index < -0.39 is 0 Å². The molecule has 0 saturated heterocycles. The lowest BCUT2D eigenvalue weighted by molar-refractivity contribution is -0.135. The smallest absolute Gasteiger partial charge is 0.333 e. The molecular formula is C15H14O2. The average molecular weight is 226 g/mol. The van der Waals surface area contributed by atoms with E-state index in [2.05, 4.69) is 22.9 Å². The largest absolute Gasteiger partial charge is 0.466 e. The van der Waals surface area contributed by atoms with Gasteiger partial charge in [0.1, 0.15) is 0 Å². The fourth-order valence-corrected chi connectivity index (χ4v) is 1.77. The number of hydrogen-bond donors (Lipinski definition) is 0. The molecule has 0 unspecified atom stereocenters. The third kappa shape index (κ3) is 2.53. The van der Waals surface area contributed by atoms with Gasteiger partial charge in [-0.25, -0.2) is 4.79 Å². The predicted molar refractivity (Wildman–Crippen MR) is 69.6 cm³/mol. The minimum Gasteiger partial charge on any atom is -0.466 e. The molecule has 0 aliphatic heterocycles. The van der Waals surface area contributed by atoms with E-state index in [1.54, 1.807) is 6.92 Å². The average Bonchev–Trinajstić information content (AvgIpc) is 2.37. The fourth-order valence-electron chi connectivity index (χ4n) is 1.77. The van der Waals surface area contributed by atoms with Gasteiger partial charge < -0.3 is 4.74 Å². The van der Waals surface area contributed by atoms with Crippen LogP contribution < -0.4 is 0 Å². The summed E-state index contributed by atoms with van der Waals surface area (Å²) in [7, 11) is 1.39. The van der Waals surface area contributed by atoms with Crippen LogP contribution in [-0.4, -0.2) is 13.1 Å². The van der Waals surface area contributed by atoms with Gasteiger partial charge in [0.25, 0.3) is 0 Å². The number of carbonyl (C=O) groups is 1. The highest BCUT2D eigenvalue weighted by Gasteiger charge is 2.02. The van der Waals surface area contributed by atoms with Crippen molar-refractivity contribution in [1.29, 1.82) is 0 Å². The van der Waals surface area contributed by atoms with Crippen LogP contribution in [0.15, 0.2) is 48.0 Å². The highest BCUT2D eigenvalue weighted by molar-refractivity contribution is 5.94. The highest BCUT2D eigenvalue weighted by Crippen LogP contribution is 2.17. The van der Waals surface area contributed by atoms with Crippen molar-refractivity contribution in [2.45, 2.75) is 6.92 Å². The molecule has 0 saturated carbocycles. The van der Waals surface area contributed by atoms with Crippen LogP contribution >= 0.6 is 0 Å². The van der Waals surface area contributed by atoms with Crippen LogP contribution in [0, 0.1) is 0 Å². The molecule has 86 valence electrons. The number of methoxy groups -OCH3 is 1. The summed E-state index contributed by atoms with van der Waals surface area (Å²) < 4.78 is 4.66.